The van der Waals surface area contributed by atoms with Crippen LogP contribution in [0.4, 0.5) is 11.5 Å². The van der Waals surface area contributed by atoms with Gasteiger partial charge < -0.3 is 10.6 Å². The zero-order chi connectivity index (χ0) is 12.5. The molecule has 4 heteroatoms. The molecule has 1 aliphatic rings. The lowest BCUT2D eigenvalue weighted by atomic mass is 9.96. The monoisotopic (exact) mass is 233 g/mol. The lowest BCUT2D eigenvalue weighted by Crippen LogP contribution is -2.27. The predicted octanol–water partition coefficient (Wildman–Crippen LogP) is 2.64. The first-order valence-corrected chi connectivity index (χ1v) is 5.99. The Kier molecular flexibility index (Phi) is 3.05. The maximum atomic E-state index is 11.7. The van der Waals surface area contributed by atoms with E-state index in [-0.39, 0.29) is 5.91 Å². The average Bonchev–Trinajstić information content (AvgIpc) is 3.03. The number of hydrogen-bond donors (Lipinski definition) is 2. The SMILES string of the molecule is CC(C)(C)C(=O)Nc1ccc(NC2CC2)cn1. The van der Waals surface area contributed by atoms with Crippen LogP contribution in [0.5, 0.6) is 0 Å². The van der Waals surface area contributed by atoms with E-state index in [0.29, 0.717) is 11.9 Å². The molecule has 0 aromatic carbocycles. The fourth-order valence-corrected chi connectivity index (χ4v) is 1.32. The predicted molar refractivity (Wildman–Crippen MR) is 69.0 cm³/mol. The lowest BCUT2D eigenvalue weighted by molar-refractivity contribution is -0.123. The van der Waals surface area contributed by atoms with E-state index in [1.807, 2.05) is 32.9 Å². The van der Waals surface area contributed by atoms with Crippen molar-refractivity contribution in [2.45, 2.75) is 39.7 Å². The zero-order valence-corrected chi connectivity index (χ0v) is 10.6. The maximum absolute atomic E-state index is 11.7. The molecule has 1 aromatic heterocycles. The Hall–Kier alpha value is -1.58. The molecule has 1 amide bonds. The van der Waals surface area contributed by atoms with Gasteiger partial charge in [-0.05, 0) is 25.0 Å². The summed E-state index contributed by atoms with van der Waals surface area (Å²) in [4.78, 5) is 16.0. The molecule has 2 rings (SSSR count). The highest BCUT2D eigenvalue weighted by atomic mass is 16.2. The molecule has 1 saturated carbocycles. The Labute approximate surface area is 102 Å². The van der Waals surface area contributed by atoms with Crippen molar-refractivity contribution in [3.05, 3.63) is 18.3 Å². The van der Waals surface area contributed by atoms with Gasteiger partial charge >= 0.3 is 0 Å². The van der Waals surface area contributed by atoms with Gasteiger partial charge in [0.25, 0.3) is 0 Å². The number of aromatic nitrogens is 1. The molecule has 1 heterocycles. The van der Waals surface area contributed by atoms with Crippen LogP contribution in [0.15, 0.2) is 18.3 Å². The molecule has 0 unspecified atom stereocenters. The summed E-state index contributed by atoms with van der Waals surface area (Å²) in [5.74, 6) is 0.583. The molecule has 1 fully saturated rings. The van der Waals surface area contributed by atoms with E-state index in [1.165, 1.54) is 12.8 Å². The molecule has 17 heavy (non-hydrogen) atoms. The topological polar surface area (TPSA) is 54.0 Å². The summed E-state index contributed by atoms with van der Waals surface area (Å²) in [5, 5.41) is 6.15. The van der Waals surface area contributed by atoms with Gasteiger partial charge in [0, 0.05) is 11.5 Å². The standard InChI is InChI=1S/C13H19N3O/c1-13(2,3)12(17)16-11-7-6-10(8-14-11)15-9-4-5-9/h6-9,15H,4-5H2,1-3H3,(H,14,16,17). The number of carbonyl (C=O) groups is 1. The molecule has 1 aromatic rings. The van der Waals surface area contributed by atoms with Crippen molar-refractivity contribution >= 4 is 17.4 Å². The minimum Gasteiger partial charge on any atom is -0.381 e. The van der Waals surface area contributed by atoms with Gasteiger partial charge in [-0.1, -0.05) is 20.8 Å². The van der Waals surface area contributed by atoms with E-state index < -0.39 is 5.41 Å². The van der Waals surface area contributed by atoms with E-state index in [4.69, 9.17) is 0 Å². The normalized spacial score (nSPS) is 15.5. The Morgan fingerprint density at radius 3 is 2.53 bits per heavy atom. The molecule has 2 N–H and O–H groups in total. The van der Waals surface area contributed by atoms with E-state index in [2.05, 4.69) is 15.6 Å². The first-order chi connectivity index (χ1) is 7.95. The summed E-state index contributed by atoms with van der Waals surface area (Å²) in [6, 6.07) is 4.39. The smallest absolute Gasteiger partial charge is 0.230 e. The largest absolute Gasteiger partial charge is 0.381 e. The summed E-state index contributed by atoms with van der Waals surface area (Å²) in [5.41, 5.74) is 0.619. The first kappa shape index (κ1) is 11.9. The minimum absolute atomic E-state index is 0.0205. The van der Waals surface area contributed by atoms with Crippen LogP contribution in [0.1, 0.15) is 33.6 Å². The van der Waals surface area contributed by atoms with Gasteiger partial charge in [-0.25, -0.2) is 4.98 Å². The molecule has 1 aliphatic carbocycles. The molecule has 92 valence electrons. The number of amides is 1. The molecular weight excluding hydrogens is 214 g/mol. The van der Waals surface area contributed by atoms with Crippen molar-refractivity contribution in [2.24, 2.45) is 5.41 Å². The number of rotatable bonds is 3. The fraction of sp³-hybridized carbons (Fsp3) is 0.538. The average molecular weight is 233 g/mol. The molecule has 0 saturated heterocycles. The molecule has 0 radical (unpaired) electrons. The van der Waals surface area contributed by atoms with Gasteiger partial charge in [0.1, 0.15) is 5.82 Å². The highest BCUT2D eigenvalue weighted by Gasteiger charge is 2.22. The van der Waals surface area contributed by atoms with Crippen molar-refractivity contribution < 1.29 is 4.79 Å². The maximum Gasteiger partial charge on any atom is 0.230 e. The Balaban J connectivity index is 1.95. The molecule has 0 aliphatic heterocycles. The number of pyridine rings is 1. The lowest BCUT2D eigenvalue weighted by Gasteiger charge is -2.17. The summed E-state index contributed by atoms with van der Waals surface area (Å²) in [6.07, 6.45) is 4.24. The van der Waals surface area contributed by atoms with Gasteiger partial charge in [0.15, 0.2) is 0 Å². The summed E-state index contributed by atoms with van der Waals surface area (Å²) in [6.45, 7) is 5.64. The summed E-state index contributed by atoms with van der Waals surface area (Å²) < 4.78 is 0. The van der Waals surface area contributed by atoms with E-state index in [9.17, 15) is 4.79 Å². The van der Waals surface area contributed by atoms with Crippen LogP contribution in [-0.2, 0) is 4.79 Å². The number of nitrogens with one attached hydrogen (secondary N) is 2. The van der Waals surface area contributed by atoms with Gasteiger partial charge in [0.05, 0.1) is 11.9 Å². The number of hydrogen-bond acceptors (Lipinski definition) is 3. The second kappa shape index (κ2) is 4.35. The van der Waals surface area contributed by atoms with Crippen molar-refractivity contribution in [2.75, 3.05) is 10.6 Å². The van der Waals surface area contributed by atoms with Gasteiger partial charge in [-0.15, -0.1) is 0 Å². The van der Waals surface area contributed by atoms with Crippen LogP contribution in [0.25, 0.3) is 0 Å². The summed E-state index contributed by atoms with van der Waals surface area (Å²) in [7, 11) is 0. The van der Waals surface area contributed by atoms with Crippen LogP contribution >= 0.6 is 0 Å². The highest BCUT2D eigenvalue weighted by molar-refractivity contribution is 5.93. The molecule has 4 nitrogen and oxygen atoms in total. The third-order valence-electron chi connectivity index (χ3n) is 2.63. The van der Waals surface area contributed by atoms with Crippen LogP contribution in [0.3, 0.4) is 0 Å². The second-order valence-corrected chi connectivity index (χ2v) is 5.55. The molecule has 0 atom stereocenters. The highest BCUT2D eigenvalue weighted by Crippen LogP contribution is 2.24. The Bertz CT molecular complexity index is 402. The third kappa shape index (κ3) is 3.44. The second-order valence-electron chi connectivity index (χ2n) is 5.55. The molecular formula is C13H19N3O. The first-order valence-electron chi connectivity index (χ1n) is 5.99. The zero-order valence-electron chi connectivity index (χ0n) is 10.6. The minimum atomic E-state index is -0.396. The van der Waals surface area contributed by atoms with Crippen molar-refractivity contribution in [3.63, 3.8) is 0 Å². The molecule has 0 bridgehead atoms. The van der Waals surface area contributed by atoms with Gasteiger partial charge in [0.2, 0.25) is 5.91 Å². The quantitative estimate of drug-likeness (QED) is 0.843. The van der Waals surface area contributed by atoms with Crippen molar-refractivity contribution in [1.29, 1.82) is 0 Å². The van der Waals surface area contributed by atoms with E-state index in [1.54, 1.807) is 6.20 Å². The number of anilines is 2. The molecule has 0 spiro atoms. The Morgan fingerprint density at radius 2 is 2.06 bits per heavy atom. The number of nitrogens with zero attached hydrogens (tertiary/aromatic N) is 1. The van der Waals surface area contributed by atoms with Crippen LogP contribution in [0.2, 0.25) is 0 Å². The van der Waals surface area contributed by atoms with Crippen molar-refractivity contribution in [1.82, 2.24) is 4.98 Å². The van der Waals surface area contributed by atoms with E-state index >= 15 is 0 Å². The van der Waals surface area contributed by atoms with Gasteiger partial charge in [-0.3, -0.25) is 4.79 Å². The fourth-order valence-electron chi connectivity index (χ4n) is 1.32. The van der Waals surface area contributed by atoms with Gasteiger partial charge in [-0.2, -0.15) is 0 Å². The van der Waals surface area contributed by atoms with Crippen molar-refractivity contribution in [3.8, 4) is 0 Å². The number of carbonyl (C=O) groups excluding carboxylic acids is 1. The summed E-state index contributed by atoms with van der Waals surface area (Å²) >= 11 is 0. The van der Waals surface area contributed by atoms with Crippen LogP contribution in [0, 0.1) is 5.41 Å². The third-order valence-corrected chi connectivity index (χ3v) is 2.63. The van der Waals surface area contributed by atoms with Crippen LogP contribution in [-0.4, -0.2) is 16.9 Å². The van der Waals surface area contributed by atoms with E-state index in [0.717, 1.165) is 5.69 Å². The Morgan fingerprint density at radius 1 is 1.35 bits per heavy atom. The van der Waals surface area contributed by atoms with Crippen LogP contribution < -0.4 is 10.6 Å².